The second-order valence-electron chi connectivity index (χ2n) is 8.42. The Bertz CT molecular complexity index is 659. The van der Waals surface area contributed by atoms with Gasteiger partial charge >= 0.3 is 6.03 Å². The number of nitrogens with one attached hydrogen (secondary N) is 2. The Balaban J connectivity index is 1.50. The summed E-state index contributed by atoms with van der Waals surface area (Å²) in [5.74, 6) is 0. The molecule has 0 spiro atoms. The molecule has 0 bridgehead atoms. The van der Waals surface area contributed by atoms with Gasteiger partial charge in [0.1, 0.15) is 5.70 Å². The molecule has 1 aromatic rings. The number of urea groups is 1. The minimum Gasteiger partial charge on any atom is -0.335 e. The van der Waals surface area contributed by atoms with Crippen LogP contribution in [0.1, 0.15) is 63.9 Å². The van der Waals surface area contributed by atoms with Crippen molar-refractivity contribution in [3.63, 3.8) is 0 Å². The summed E-state index contributed by atoms with van der Waals surface area (Å²) in [6.07, 6.45) is 13.5. The molecule has 148 valence electrons. The summed E-state index contributed by atoms with van der Waals surface area (Å²) in [5, 5.41) is 6.19. The van der Waals surface area contributed by atoms with E-state index in [0.717, 1.165) is 42.5 Å². The second kappa shape index (κ2) is 9.41. The summed E-state index contributed by atoms with van der Waals surface area (Å²) in [5.41, 5.74) is 3.75. The molecule has 1 aliphatic heterocycles. The summed E-state index contributed by atoms with van der Waals surface area (Å²) in [7, 11) is 2.39. The lowest BCUT2D eigenvalue weighted by atomic mass is 9.97. The first kappa shape index (κ1) is 19.9. The standard InChI is InChI=1S/C23H35N3O/c1-3-19-10-9-11-21(18-19)25-23(27)24-20-14-16-26(2,17-15-20)22-12-7-5-4-6-8-13-22/h9-12,18,20H,3-8,13-17H2,1-2H3,(H-,24,25,27)/p+1. The van der Waals surface area contributed by atoms with Gasteiger partial charge in [-0.25, -0.2) is 4.79 Å². The lowest BCUT2D eigenvalue weighted by Gasteiger charge is -2.42. The summed E-state index contributed by atoms with van der Waals surface area (Å²) in [6.45, 7) is 4.38. The Hall–Kier alpha value is -1.81. The molecule has 1 aliphatic carbocycles. The fourth-order valence-electron chi connectivity index (χ4n) is 4.46. The topological polar surface area (TPSA) is 41.1 Å². The van der Waals surface area contributed by atoms with Gasteiger partial charge in [-0.1, -0.05) is 31.9 Å². The number of carbonyl (C=O) groups excluding carboxylic acids is 1. The maximum absolute atomic E-state index is 12.4. The van der Waals surface area contributed by atoms with Gasteiger partial charge in [-0.3, -0.25) is 4.48 Å². The van der Waals surface area contributed by atoms with Crippen molar-refractivity contribution in [2.75, 3.05) is 25.5 Å². The van der Waals surface area contributed by atoms with Crippen LogP contribution in [0.25, 0.3) is 0 Å². The van der Waals surface area contributed by atoms with Crippen LogP contribution in [-0.2, 0) is 6.42 Å². The van der Waals surface area contributed by atoms with Crippen molar-refractivity contribution in [3.8, 4) is 0 Å². The van der Waals surface area contributed by atoms with Crippen molar-refractivity contribution in [2.24, 2.45) is 0 Å². The molecule has 4 heteroatoms. The highest BCUT2D eigenvalue weighted by molar-refractivity contribution is 5.89. The van der Waals surface area contributed by atoms with Crippen molar-refractivity contribution in [1.82, 2.24) is 5.32 Å². The number of piperidine rings is 1. The lowest BCUT2D eigenvalue weighted by molar-refractivity contribution is -0.879. The maximum atomic E-state index is 12.4. The zero-order valence-corrected chi connectivity index (χ0v) is 17.1. The first-order valence-electron chi connectivity index (χ1n) is 10.8. The molecule has 2 aliphatic rings. The zero-order valence-electron chi connectivity index (χ0n) is 17.1. The van der Waals surface area contributed by atoms with E-state index in [0.29, 0.717) is 0 Å². The van der Waals surface area contributed by atoms with Gasteiger partial charge in [0.25, 0.3) is 0 Å². The number of amides is 2. The van der Waals surface area contributed by atoms with E-state index < -0.39 is 0 Å². The fourth-order valence-corrected chi connectivity index (χ4v) is 4.46. The Morgan fingerprint density at radius 3 is 2.70 bits per heavy atom. The summed E-state index contributed by atoms with van der Waals surface area (Å²) in [6, 6.07) is 8.30. The number of quaternary nitrogens is 1. The van der Waals surface area contributed by atoms with E-state index in [-0.39, 0.29) is 12.1 Å². The van der Waals surface area contributed by atoms with Crippen LogP contribution in [-0.4, -0.2) is 36.7 Å². The number of likely N-dealkylation sites (tertiary alicyclic amines) is 1. The molecule has 3 rings (SSSR count). The van der Waals surface area contributed by atoms with Crippen molar-refractivity contribution >= 4 is 11.7 Å². The molecule has 1 aromatic carbocycles. The summed E-state index contributed by atoms with van der Waals surface area (Å²) in [4.78, 5) is 12.4. The van der Waals surface area contributed by atoms with E-state index in [2.05, 4.69) is 42.8 Å². The monoisotopic (exact) mass is 370 g/mol. The van der Waals surface area contributed by atoms with E-state index in [1.807, 2.05) is 12.1 Å². The number of anilines is 1. The predicted molar refractivity (Wildman–Crippen MR) is 113 cm³/mol. The maximum Gasteiger partial charge on any atom is 0.319 e. The molecule has 4 nitrogen and oxygen atoms in total. The molecule has 0 radical (unpaired) electrons. The van der Waals surface area contributed by atoms with Crippen molar-refractivity contribution in [3.05, 3.63) is 41.6 Å². The number of benzene rings is 1. The van der Waals surface area contributed by atoms with Crippen LogP contribution in [0, 0.1) is 0 Å². The van der Waals surface area contributed by atoms with Gasteiger partial charge in [0, 0.05) is 31.0 Å². The molecule has 2 amide bonds. The number of carbonyl (C=O) groups is 1. The molecular weight excluding hydrogens is 334 g/mol. The highest BCUT2D eigenvalue weighted by atomic mass is 16.2. The molecule has 1 heterocycles. The number of hydrogen-bond donors (Lipinski definition) is 2. The van der Waals surface area contributed by atoms with Crippen LogP contribution in [0.3, 0.4) is 0 Å². The highest BCUT2D eigenvalue weighted by Crippen LogP contribution is 2.29. The lowest BCUT2D eigenvalue weighted by Crippen LogP contribution is -2.54. The largest absolute Gasteiger partial charge is 0.335 e. The first-order chi connectivity index (χ1) is 13.1. The van der Waals surface area contributed by atoms with Crippen LogP contribution < -0.4 is 10.6 Å². The van der Waals surface area contributed by atoms with Gasteiger partial charge < -0.3 is 10.6 Å². The molecule has 1 fully saturated rings. The molecule has 0 aromatic heterocycles. The number of nitrogens with zero attached hydrogens (tertiary/aromatic N) is 1. The molecule has 2 N–H and O–H groups in total. The van der Waals surface area contributed by atoms with Crippen molar-refractivity contribution in [1.29, 1.82) is 0 Å². The Labute approximate surface area is 164 Å². The van der Waals surface area contributed by atoms with Crippen LogP contribution in [0.5, 0.6) is 0 Å². The zero-order chi connectivity index (χ0) is 19.1. The average molecular weight is 371 g/mol. The van der Waals surface area contributed by atoms with E-state index in [4.69, 9.17) is 0 Å². The van der Waals surface area contributed by atoms with Gasteiger partial charge in [0.05, 0.1) is 20.1 Å². The molecule has 0 atom stereocenters. The predicted octanol–water partition coefficient (Wildman–Crippen LogP) is 5.22. The summed E-state index contributed by atoms with van der Waals surface area (Å²) >= 11 is 0. The fraction of sp³-hybridized carbons (Fsp3) is 0.609. The SMILES string of the molecule is CCc1cccc(NC(=O)NC2CC[N+](C)(C3=CCCCCCC3)CC2)c1. The number of hydrogen-bond acceptors (Lipinski definition) is 1. The van der Waals surface area contributed by atoms with Gasteiger partial charge in [0.15, 0.2) is 0 Å². The van der Waals surface area contributed by atoms with E-state index >= 15 is 0 Å². The van der Waals surface area contributed by atoms with Crippen molar-refractivity contribution in [2.45, 2.75) is 70.8 Å². The second-order valence-corrected chi connectivity index (χ2v) is 8.42. The third-order valence-electron chi connectivity index (χ3n) is 6.33. The van der Waals surface area contributed by atoms with Gasteiger partial charge in [0.2, 0.25) is 0 Å². The third kappa shape index (κ3) is 5.58. The summed E-state index contributed by atoms with van der Waals surface area (Å²) < 4.78 is 1.08. The highest BCUT2D eigenvalue weighted by Gasteiger charge is 2.34. The average Bonchev–Trinajstić information content (AvgIpc) is 2.63. The normalized spacial score (nSPS) is 26.4. The number of rotatable bonds is 4. The third-order valence-corrected chi connectivity index (χ3v) is 6.33. The molecule has 0 saturated carbocycles. The molecule has 0 unspecified atom stereocenters. The Morgan fingerprint density at radius 1 is 1.15 bits per heavy atom. The van der Waals surface area contributed by atoms with Crippen LogP contribution >= 0.6 is 0 Å². The smallest absolute Gasteiger partial charge is 0.319 e. The first-order valence-corrected chi connectivity index (χ1v) is 10.8. The molecular formula is C23H36N3O+. The van der Waals surface area contributed by atoms with Crippen LogP contribution in [0.15, 0.2) is 36.0 Å². The Morgan fingerprint density at radius 2 is 1.93 bits per heavy atom. The van der Waals surface area contributed by atoms with E-state index in [9.17, 15) is 4.79 Å². The number of aryl methyl sites for hydroxylation is 1. The minimum absolute atomic E-state index is 0.0745. The quantitative estimate of drug-likeness (QED) is 0.701. The van der Waals surface area contributed by atoms with Gasteiger partial charge in [-0.15, -0.1) is 0 Å². The van der Waals surface area contributed by atoms with Gasteiger partial charge in [-0.05, 0) is 49.5 Å². The number of allylic oxidation sites excluding steroid dienone is 2. The molecule has 1 saturated heterocycles. The molecule has 27 heavy (non-hydrogen) atoms. The van der Waals surface area contributed by atoms with Crippen LogP contribution in [0.4, 0.5) is 10.5 Å². The van der Waals surface area contributed by atoms with Crippen molar-refractivity contribution < 1.29 is 9.28 Å². The van der Waals surface area contributed by atoms with E-state index in [1.165, 1.54) is 44.1 Å². The van der Waals surface area contributed by atoms with E-state index in [1.54, 1.807) is 5.70 Å². The van der Waals surface area contributed by atoms with Gasteiger partial charge in [-0.2, -0.15) is 0 Å². The van der Waals surface area contributed by atoms with Crippen LogP contribution in [0.2, 0.25) is 0 Å². The Kier molecular flexibility index (Phi) is 6.95. The minimum atomic E-state index is -0.0745.